The van der Waals surface area contributed by atoms with E-state index in [2.05, 4.69) is 10.2 Å². The second-order valence-corrected chi connectivity index (χ2v) is 5.52. The van der Waals surface area contributed by atoms with Crippen LogP contribution in [-0.4, -0.2) is 48.7 Å². The number of hydrogen-bond donors (Lipinski definition) is 2. The number of carbonyl (C=O) groups is 1. The van der Waals surface area contributed by atoms with Crippen LogP contribution in [0, 0.1) is 12.8 Å². The third kappa shape index (κ3) is 4.68. The predicted octanol–water partition coefficient (Wildman–Crippen LogP) is 0.382. The second kappa shape index (κ2) is 7.38. The van der Waals surface area contributed by atoms with Crippen LogP contribution in [0.1, 0.15) is 29.2 Å². The maximum absolute atomic E-state index is 11.9. The lowest BCUT2D eigenvalue weighted by Gasteiger charge is -2.31. The van der Waals surface area contributed by atoms with Crippen LogP contribution in [0.3, 0.4) is 0 Å². The number of piperidine rings is 1. The lowest BCUT2D eigenvalue weighted by Crippen LogP contribution is -2.41. The minimum Gasteiger partial charge on any atom is -0.456 e. The molecule has 0 saturated carbocycles. The van der Waals surface area contributed by atoms with E-state index in [1.54, 1.807) is 6.92 Å². The van der Waals surface area contributed by atoms with Gasteiger partial charge in [-0.05, 0) is 32.2 Å². The van der Waals surface area contributed by atoms with Crippen LogP contribution in [0.2, 0.25) is 0 Å². The van der Waals surface area contributed by atoms with Crippen LogP contribution < -0.4 is 10.7 Å². The zero-order chi connectivity index (χ0) is 15.2. The van der Waals surface area contributed by atoms with Gasteiger partial charge in [0.15, 0.2) is 11.2 Å². The van der Waals surface area contributed by atoms with Crippen molar-refractivity contribution in [3.8, 4) is 0 Å². The van der Waals surface area contributed by atoms with E-state index >= 15 is 0 Å². The number of nitrogens with one attached hydrogen (secondary N) is 1. The van der Waals surface area contributed by atoms with Crippen LogP contribution in [-0.2, 0) is 0 Å². The quantitative estimate of drug-likeness (QED) is 0.820. The summed E-state index contributed by atoms with van der Waals surface area (Å²) in [6.45, 7) is 4.95. The van der Waals surface area contributed by atoms with Gasteiger partial charge in [0.25, 0.3) is 5.91 Å². The summed E-state index contributed by atoms with van der Waals surface area (Å²) in [5, 5.41) is 11.9. The van der Waals surface area contributed by atoms with Crippen molar-refractivity contribution in [2.24, 2.45) is 5.92 Å². The highest BCUT2D eigenvalue weighted by atomic mass is 16.3. The van der Waals surface area contributed by atoms with E-state index in [4.69, 9.17) is 4.42 Å². The first-order valence-corrected chi connectivity index (χ1v) is 7.31. The largest absolute Gasteiger partial charge is 0.456 e. The fourth-order valence-corrected chi connectivity index (χ4v) is 2.63. The van der Waals surface area contributed by atoms with Gasteiger partial charge in [-0.3, -0.25) is 9.59 Å². The van der Waals surface area contributed by atoms with Crippen molar-refractivity contribution in [1.29, 1.82) is 0 Å². The molecule has 2 rings (SSSR count). The van der Waals surface area contributed by atoms with Crippen LogP contribution in [0.25, 0.3) is 0 Å². The fraction of sp³-hybridized carbons (Fsp3) is 0.600. The maximum atomic E-state index is 11.9. The molecule has 0 unspecified atom stereocenters. The van der Waals surface area contributed by atoms with Gasteiger partial charge in [0, 0.05) is 38.4 Å². The molecule has 2 N–H and O–H groups in total. The lowest BCUT2D eigenvalue weighted by molar-refractivity contribution is 0.0900. The van der Waals surface area contributed by atoms with Crippen molar-refractivity contribution in [3.63, 3.8) is 0 Å². The smallest absolute Gasteiger partial charge is 0.287 e. The van der Waals surface area contributed by atoms with Crippen molar-refractivity contribution < 1.29 is 14.3 Å². The number of likely N-dealkylation sites (tertiary alicyclic amines) is 1. The normalized spacial score (nSPS) is 19.4. The van der Waals surface area contributed by atoms with Crippen molar-refractivity contribution in [2.45, 2.75) is 19.8 Å². The second-order valence-electron chi connectivity index (χ2n) is 5.52. The number of hydrogen-bond acceptors (Lipinski definition) is 5. The molecule has 1 aromatic heterocycles. The van der Waals surface area contributed by atoms with Gasteiger partial charge in [-0.1, -0.05) is 0 Å². The summed E-state index contributed by atoms with van der Waals surface area (Å²) >= 11 is 0. The molecule has 1 aliphatic heterocycles. The SMILES string of the molecule is Cc1cc(=O)cc(C(=O)NCCN2CCC[C@@H](CO)C2)o1. The van der Waals surface area contributed by atoms with Crippen molar-refractivity contribution >= 4 is 5.91 Å². The zero-order valence-corrected chi connectivity index (χ0v) is 12.3. The Hall–Kier alpha value is -1.66. The number of rotatable bonds is 5. The van der Waals surface area contributed by atoms with E-state index in [9.17, 15) is 14.7 Å². The summed E-state index contributed by atoms with van der Waals surface area (Å²) in [6.07, 6.45) is 2.14. The number of aryl methyl sites for hydroxylation is 1. The van der Waals surface area contributed by atoms with Gasteiger partial charge in [-0.15, -0.1) is 0 Å². The van der Waals surface area contributed by atoms with E-state index in [-0.39, 0.29) is 23.7 Å². The molecule has 0 aromatic carbocycles. The summed E-state index contributed by atoms with van der Waals surface area (Å²) in [5.41, 5.74) is -0.231. The summed E-state index contributed by atoms with van der Waals surface area (Å²) < 4.78 is 5.24. The first kappa shape index (κ1) is 15.7. The molecular formula is C15H22N2O4. The topological polar surface area (TPSA) is 82.8 Å². The molecule has 0 aliphatic carbocycles. The highest BCUT2D eigenvalue weighted by Crippen LogP contribution is 2.14. The first-order valence-electron chi connectivity index (χ1n) is 7.31. The molecule has 1 aliphatic rings. The first-order chi connectivity index (χ1) is 10.1. The Kier molecular flexibility index (Phi) is 5.52. The monoisotopic (exact) mass is 294 g/mol. The molecule has 0 spiro atoms. The molecule has 1 saturated heterocycles. The molecule has 6 heteroatoms. The summed E-state index contributed by atoms with van der Waals surface area (Å²) in [5.74, 6) is 0.442. The lowest BCUT2D eigenvalue weighted by atomic mass is 9.99. The summed E-state index contributed by atoms with van der Waals surface area (Å²) in [6, 6.07) is 2.55. The van der Waals surface area contributed by atoms with E-state index in [1.165, 1.54) is 12.1 Å². The highest BCUT2D eigenvalue weighted by molar-refractivity contribution is 5.91. The van der Waals surface area contributed by atoms with E-state index in [0.29, 0.717) is 18.2 Å². The van der Waals surface area contributed by atoms with Gasteiger partial charge >= 0.3 is 0 Å². The average molecular weight is 294 g/mol. The van der Waals surface area contributed by atoms with Crippen LogP contribution >= 0.6 is 0 Å². The number of aliphatic hydroxyl groups excluding tert-OH is 1. The number of nitrogens with zero attached hydrogens (tertiary/aromatic N) is 1. The number of aliphatic hydroxyl groups is 1. The molecule has 2 heterocycles. The molecular weight excluding hydrogens is 272 g/mol. The van der Waals surface area contributed by atoms with E-state index in [1.807, 2.05) is 0 Å². The van der Waals surface area contributed by atoms with E-state index in [0.717, 1.165) is 32.5 Å². The Labute approximate surface area is 123 Å². The Morgan fingerprint density at radius 2 is 2.33 bits per heavy atom. The summed E-state index contributed by atoms with van der Waals surface area (Å²) in [7, 11) is 0. The van der Waals surface area contributed by atoms with Gasteiger partial charge in [-0.2, -0.15) is 0 Å². The molecule has 1 fully saturated rings. The molecule has 21 heavy (non-hydrogen) atoms. The molecule has 6 nitrogen and oxygen atoms in total. The predicted molar refractivity (Wildman–Crippen MR) is 78.3 cm³/mol. The van der Waals surface area contributed by atoms with Crippen LogP contribution in [0.15, 0.2) is 21.3 Å². The molecule has 0 radical (unpaired) electrons. The third-order valence-corrected chi connectivity index (χ3v) is 3.69. The van der Waals surface area contributed by atoms with Crippen molar-refractivity contribution in [2.75, 3.05) is 32.8 Å². The van der Waals surface area contributed by atoms with Crippen molar-refractivity contribution in [1.82, 2.24) is 10.2 Å². The van der Waals surface area contributed by atoms with Gasteiger partial charge < -0.3 is 19.7 Å². The molecule has 1 amide bonds. The minimum absolute atomic E-state index is 0.0480. The Morgan fingerprint density at radius 3 is 3.05 bits per heavy atom. The van der Waals surface area contributed by atoms with Crippen LogP contribution in [0.5, 0.6) is 0 Å². The Morgan fingerprint density at radius 1 is 1.52 bits per heavy atom. The van der Waals surface area contributed by atoms with Gasteiger partial charge in [0.2, 0.25) is 0 Å². The maximum Gasteiger partial charge on any atom is 0.287 e. The Bertz CT molecular complexity index is 541. The van der Waals surface area contributed by atoms with Gasteiger partial charge in [0.1, 0.15) is 5.76 Å². The molecule has 1 aromatic rings. The zero-order valence-electron chi connectivity index (χ0n) is 12.3. The van der Waals surface area contributed by atoms with Gasteiger partial charge in [0.05, 0.1) is 0 Å². The van der Waals surface area contributed by atoms with Crippen molar-refractivity contribution in [3.05, 3.63) is 33.9 Å². The number of amides is 1. The summed E-state index contributed by atoms with van der Waals surface area (Å²) in [4.78, 5) is 25.5. The number of carbonyl (C=O) groups excluding carboxylic acids is 1. The molecule has 0 bridgehead atoms. The minimum atomic E-state index is -0.369. The Balaban J connectivity index is 1.80. The third-order valence-electron chi connectivity index (χ3n) is 3.69. The molecule has 1 atom stereocenters. The fourth-order valence-electron chi connectivity index (χ4n) is 2.63. The average Bonchev–Trinajstić information content (AvgIpc) is 2.46. The highest BCUT2D eigenvalue weighted by Gasteiger charge is 2.19. The van der Waals surface area contributed by atoms with Crippen LogP contribution in [0.4, 0.5) is 0 Å². The van der Waals surface area contributed by atoms with E-state index < -0.39 is 0 Å². The standard InChI is InChI=1S/C15H22N2O4/c1-11-7-13(19)8-14(21-11)15(20)16-4-6-17-5-2-3-12(9-17)10-18/h7-8,12,18H,2-6,9-10H2,1H3,(H,16,20)/t12-/m1/s1. The van der Waals surface area contributed by atoms with Gasteiger partial charge in [-0.25, -0.2) is 0 Å². The molecule has 116 valence electrons.